The van der Waals surface area contributed by atoms with Gasteiger partial charge in [0.1, 0.15) is 6.33 Å². The molecule has 0 bridgehead atoms. The molecule has 0 unspecified atom stereocenters. The van der Waals surface area contributed by atoms with Crippen molar-refractivity contribution in [2.75, 3.05) is 5.73 Å². The molecule has 0 saturated heterocycles. The first-order valence-corrected chi connectivity index (χ1v) is 4.88. The van der Waals surface area contributed by atoms with Gasteiger partial charge in [-0.1, -0.05) is 11.6 Å². The number of nitrogens with two attached hydrogens (primary N) is 1. The lowest BCUT2D eigenvalue weighted by molar-refractivity contribution is 1.11. The number of hydrogen-bond acceptors (Lipinski definition) is 3. The number of nitrogens with zero attached hydrogens (tertiary/aromatic N) is 2. The highest BCUT2D eigenvalue weighted by Crippen LogP contribution is 2.26. The van der Waals surface area contributed by atoms with Crippen LogP contribution in [0.3, 0.4) is 0 Å². The van der Waals surface area contributed by atoms with Crippen LogP contribution in [0.25, 0.3) is 11.3 Å². The average Bonchev–Trinajstić information content (AvgIpc) is 2.17. The van der Waals surface area contributed by atoms with Gasteiger partial charge in [-0.2, -0.15) is 0 Å². The van der Waals surface area contributed by atoms with Crippen molar-refractivity contribution in [3.05, 3.63) is 41.3 Å². The van der Waals surface area contributed by atoms with Crippen molar-refractivity contribution < 1.29 is 0 Å². The molecule has 0 aliphatic carbocycles. The van der Waals surface area contributed by atoms with Crippen LogP contribution in [0, 0.1) is 6.92 Å². The molecule has 0 radical (unpaired) electrons. The van der Waals surface area contributed by atoms with E-state index in [0.717, 1.165) is 17.0 Å². The summed E-state index contributed by atoms with van der Waals surface area (Å²) in [6.45, 7) is 1.91. The summed E-state index contributed by atoms with van der Waals surface area (Å²) in [6.07, 6.45) is 1.53. The second-order valence-corrected chi connectivity index (χ2v) is 3.71. The van der Waals surface area contributed by atoms with Crippen LogP contribution >= 0.6 is 11.6 Å². The monoisotopic (exact) mass is 219 g/mol. The first-order chi connectivity index (χ1) is 7.16. The Kier molecular flexibility index (Phi) is 2.56. The molecule has 2 aromatic rings. The summed E-state index contributed by atoms with van der Waals surface area (Å²) in [4.78, 5) is 8.20. The predicted octanol–water partition coefficient (Wildman–Crippen LogP) is 2.69. The van der Waals surface area contributed by atoms with E-state index in [4.69, 9.17) is 17.3 Å². The van der Waals surface area contributed by atoms with Crippen LogP contribution in [-0.4, -0.2) is 9.97 Å². The molecule has 0 aliphatic heterocycles. The normalized spacial score (nSPS) is 10.3. The van der Waals surface area contributed by atoms with Gasteiger partial charge in [0, 0.05) is 22.0 Å². The average molecular weight is 220 g/mol. The van der Waals surface area contributed by atoms with Gasteiger partial charge in [-0.05, 0) is 31.2 Å². The molecule has 0 fully saturated rings. The molecular weight excluding hydrogens is 210 g/mol. The Bertz CT molecular complexity index is 497. The van der Waals surface area contributed by atoms with Crippen LogP contribution in [0.1, 0.15) is 5.69 Å². The number of aromatic nitrogens is 2. The maximum Gasteiger partial charge on any atom is 0.116 e. The molecular formula is C11H10ClN3. The molecule has 4 heteroatoms. The third kappa shape index (κ3) is 2.07. The minimum Gasteiger partial charge on any atom is -0.398 e. The lowest BCUT2D eigenvalue weighted by Gasteiger charge is -2.05. The minimum absolute atomic E-state index is 0.626. The highest BCUT2D eigenvalue weighted by atomic mass is 35.5. The van der Waals surface area contributed by atoms with Crippen LogP contribution in [0.4, 0.5) is 5.69 Å². The van der Waals surface area contributed by atoms with Gasteiger partial charge in [0.05, 0.1) is 5.69 Å². The molecule has 0 aliphatic rings. The van der Waals surface area contributed by atoms with Gasteiger partial charge in [0.15, 0.2) is 0 Å². The molecule has 76 valence electrons. The van der Waals surface area contributed by atoms with Gasteiger partial charge >= 0.3 is 0 Å². The van der Waals surface area contributed by atoms with Crippen LogP contribution < -0.4 is 5.73 Å². The Morgan fingerprint density at radius 2 is 2.00 bits per heavy atom. The summed E-state index contributed by atoms with van der Waals surface area (Å²) in [5, 5.41) is 0.627. The second kappa shape index (κ2) is 3.87. The number of rotatable bonds is 1. The van der Waals surface area contributed by atoms with E-state index in [1.807, 2.05) is 19.1 Å². The van der Waals surface area contributed by atoms with Gasteiger partial charge in [0.2, 0.25) is 0 Å². The van der Waals surface area contributed by atoms with Gasteiger partial charge in [-0.3, -0.25) is 0 Å². The van der Waals surface area contributed by atoms with Crippen molar-refractivity contribution in [1.29, 1.82) is 0 Å². The van der Waals surface area contributed by atoms with Crippen LogP contribution in [0.5, 0.6) is 0 Å². The van der Waals surface area contributed by atoms with E-state index in [-0.39, 0.29) is 0 Å². The molecule has 15 heavy (non-hydrogen) atoms. The molecule has 1 heterocycles. The minimum atomic E-state index is 0.626. The number of anilines is 1. The maximum atomic E-state index is 5.86. The molecule has 0 atom stereocenters. The van der Waals surface area contributed by atoms with E-state index in [1.54, 1.807) is 12.1 Å². The highest BCUT2D eigenvalue weighted by Gasteiger charge is 2.04. The number of nitrogen functional groups attached to an aromatic ring is 1. The zero-order chi connectivity index (χ0) is 10.8. The molecule has 1 aromatic carbocycles. The second-order valence-electron chi connectivity index (χ2n) is 3.28. The Morgan fingerprint density at radius 1 is 1.20 bits per heavy atom. The molecule has 1 aromatic heterocycles. The fourth-order valence-electron chi connectivity index (χ4n) is 1.37. The standard InChI is InChI=1S/C11H10ClN3/c1-7-4-11(15-6-14-7)9-3-2-8(12)5-10(9)13/h2-6H,13H2,1H3. The van der Waals surface area contributed by atoms with Crippen LogP contribution in [0.15, 0.2) is 30.6 Å². The lowest BCUT2D eigenvalue weighted by atomic mass is 10.1. The van der Waals surface area contributed by atoms with Crippen molar-refractivity contribution in [1.82, 2.24) is 9.97 Å². The van der Waals surface area contributed by atoms with Crippen molar-refractivity contribution in [2.24, 2.45) is 0 Å². The van der Waals surface area contributed by atoms with E-state index < -0.39 is 0 Å². The maximum absolute atomic E-state index is 5.86. The van der Waals surface area contributed by atoms with Crippen LogP contribution in [-0.2, 0) is 0 Å². The fourth-order valence-corrected chi connectivity index (χ4v) is 1.55. The number of aryl methyl sites for hydroxylation is 1. The first kappa shape index (κ1) is 9.93. The van der Waals surface area contributed by atoms with Gasteiger partial charge in [-0.15, -0.1) is 0 Å². The molecule has 0 amide bonds. The predicted molar refractivity (Wildman–Crippen MR) is 61.6 cm³/mol. The van der Waals surface area contributed by atoms with Crippen molar-refractivity contribution in [2.45, 2.75) is 6.92 Å². The van der Waals surface area contributed by atoms with E-state index in [0.29, 0.717) is 10.7 Å². The van der Waals surface area contributed by atoms with Gasteiger partial charge in [-0.25, -0.2) is 9.97 Å². The first-order valence-electron chi connectivity index (χ1n) is 4.51. The molecule has 2 rings (SSSR count). The van der Waals surface area contributed by atoms with E-state index in [9.17, 15) is 0 Å². The molecule has 0 saturated carbocycles. The summed E-state index contributed by atoms with van der Waals surface area (Å²) in [5.41, 5.74) is 9.09. The smallest absolute Gasteiger partial charge is 0.116 e. The molecule has 0 spiro atoms. The number of halogens is 1. The van der Waals surface area contributed by atoms with Gasteiger partial charge in [0.25, 0.3) is 0 Å². The van der Waals surface area contributed by atoms with E-state index in [1.165, 1.54) is 6.33 Å². The zero-order valence-corrected chi connectivity index (χ0v) is 8.99. The van der Waals surface area contributed by atoms with Gasteiger partial charge < -0.3 is 5.73 Å². The Morgan fingerprint density at radius 3 is 2.67 bits per heavy atom. The quantitative estimate of drug-likeness (QED) is 0.751. The van der Waals surface area contributed by atoms with Crippen molar-refractivity contribution in [3.63, 3.8) is 0 Å². The lowest BCUT2D eigenvalue weighted by Crippen LogP contribution is -1.93. The molecule has 3 nitrogen and oxygen atoms in total. The fraction of sp³-hybridized carbons (Fsp3) is 0.0909. The zero-order valence-electron chi connectivity index (χ0n) is 8.24. The Labute approximate surface area is 92.9 Å². The Balaban J connectivity index is 2.54. The summed E-state index contributed by atoms with van der Waals surface area (Å²) >= 11 is 5.82. The van der Waals surface area contributed by atoms with E-state index >= 15 is 0 Å². The molecule has 2 N–H and O–H groups in total. The Hall–Kier alpha value is -1.61. The van der Waals surface area contributed by atoms with Crippen molar-refractivity contribution in [3.8, 4) is 11.3 Å². The third-order valence-corrected chi connectivity index (χ3v) is 2.33. The van der Waals surface area contributed by atoms with Crippen molar-refractivity contribution >= 4 is 17.3 Å². The summed E-state index contributed by atoms with van der Waals surface area (Å²) in [6, 6.07) is 7.26. The SMILES string of the molecule is Cc1cc(-c2ccc(Cl)cc2N)ncn1. The number of hydrogen-bond donors (Lipinski definition) is 1. The highest BCUT2D eigenvalue weighted by molar-refractivity contribution is 6.31. The summed E-state index contributed by atoms with van der Waals surface area (Å²) < 4.78 is 0. The topological polar surface area (TPSA) is 51.8 Å². The van der Waals surface area contributed by atoms with E-state index in [2.05, 4.69) is 9.97 Å². The largest absolute Gasteiger partial charge is 0.398 e. The van der Waals surface area contributed by atoms with Crippen LogP contribution in [0.2, 0.25) is 5.02 Å². The summed E-state index contributed by atoms with van der Waals surface area (Å²) in [7, 11) is 0. The summed E-state index contributed by atoms with van der Waals surface area (Å²) in [5.74, 6) is 0. The third-order valence-electron chi connectivity index (χ3n) is 2.09. The number of benzene rings is 1.